The Hall–Kier alpha value is -3.11. The standard InChI is InChI=1S/C15H8N6S/c16-8-12-13(10-3-6-17-7-4-10)19-15-21(12)20-14(22-15)11-2-1-5-18-9-11/h1-7,9H. The molecule has 4 aromatic rings. The van der Waals surface area contributed by atoms with Crippen molar-refractivity contribution in [2.45, 2.75) is 0 Å². The van der Waals surface area contributed by atoms with E-state index in [0.29, 0.717) is 16.3 Å². The van der Waals surface area contributed by atoms with Crippen LogP contribution in [0.5, 0.6) is 0 Å². The molecule has 4 aromatic heterocycles. The number of rotatable bonds is 2. The summed E-state index contributed by atoms with van der Waals surface area (Å²) < 4.78 is 1.59. The summed E-state index contributed by atoms with van der Waals surface area (Å²) in [5, 5.41) is 14.8. The van der Waals surface area contributed by atoms with Gasteiger partial charge in [-0.2, -0.15) is 14.9 Å². The molecule has 0 aromatic carbocycles. The van der Waals surface area contributed by atoms with Crippen LogP contribution in [0.25, 0.3) is 26.8 Å². The Balaban J connectivity index is 1.90. The molecular formula is C15H8N6S. The number of nitriles is 1. The van der Waals surface area contributed by atoms with Crippen LogP contribution >= 0.6 is 11.3 Å². The number of fused-ring (bicyclic) bond motifs is 1. The van der Waals surface area contributed by atoms with Gasteiger partial charge in [-0.05, 0) is 24.3 Å². The Kier molecular flexibility index (Phi) is 2.88. The summed E-state index contributed by atoms with van der Waals surface area (Å²) in [5.41, 5.74) is 2.81. The second-order valence-electron chi connectivity index (χ2n) is 4.50. The summed E-state index contributed by atoms with van der Waals surface area (Å²) in [5.74, 6) is 0. The van der Waals surface area contributed by atoms with E-state index in [0.717, 1.165) is 16.1 Å². The van der Waals surface area contributed by atoms with Crippen molar-refractivity contribution in [3.8, 4) is 27.9 Å². The molecule has 0 atom stereocenters. The smallest absolute Gasteiger partial charge is 0.214 e. The number of nitrogens with zero attached hydrogens (tertiary/aromatic N) is 6. The third-order valence-corrected chi connectivity index (χ3v) is 4.13. The third kappa shape index (κ3) is 1.94. The lowest BCUT2D eigenvalue weighted by molar-refractivity contribution is 0.960. The summed E-state index contributed by atoms with van der Waals surface area (Å²) >= 11 is 1.43. The number of imidazole rings is 1. The summed E-state index contributed by atoms with van der Waals surface area (Å²) in [6, 6.07) is 9.63. The Morgan fingerprint density at radius 2 is 1.91 bits per heavy atom. The highest BCUT2D eigenvalue weighted by Gasteiger charge is 2.18. The van der Waals surface area contributed by atoms with Crippen molar-refractivity contribution < 1.29 is 0 Å². The van der Waals surface area contributed by atoms with Gasteiger partial charge < -0.3 is 0 Å². The Labute approximate surface area is 129 Å². The van der Waals surface area contributed by atoms with Crippen LogP contribution in [-0.2, 0) is 0 Å². The minimum atomic E-state index is 0.424. The van der Waals surface area contributed by atoms with Gasteiger partial charge in [-0.1, -0.05) is 11.3 Å². The minimum absolute atomic E-state index is 0.424. The van der Waals surface area contributed by atoms with Crippen LogP contribution < -0.4 is 0 Å². The SMILES string of the molecule is N#Cc1c(-c2ccncc2)nc2sc(-c3cccnc3)nn12. The normalized spacial score (nSPS) is 10.7. The van der Waals surface area contributed by atoms with Gasteiger partial charge in [0.2, 0.25) is 4.96 Å². The van der Waals surface area contributed by atoms with E-state index in [1.165, 1.54) is 11.3 Å². The first kappa shape index (κ1) is 12.6. The molecule has 0 saturated heterocycles. The monoisotopic (exact) mass is 304 g/mol. The molecule has 4 heterocycles. The van der Waals surface area contributed by atoms with Gasteiger partial charge in [-0.15, -0.1) is 0 Å². The van der Waals surface area contributed by atoms with E-state index in [1.807, 2.05) is 24.3 Å². The van der Waals surface area contributed by atoms with Crippen molar-refractivity contribution in [3.05, 3.63) is 54.7 Å². The zero-order valence-corrected chi connectivity index (χ0v) is 12.0. The Bertz CT molecular complexity index is 981. The molecule has 6 nitrogen and oxygen atoms in total. The van der Waals surface area contributed by atoms with E-state index in [2.05, 4.69) is 26.1 Å². The van der Waals surface area contributed by atoms with Gasteiger partial charge in [0.15, 0.2) is 5.69 Å². The van der Waals surface area contributed by atoms with E-state index in [9.17, 15) is 5.26 Å². The lowest BCUT2D eigenvalue weighted by Crippen LogP contribution is -1.91. The Morgan fingerprint density at radius 3 is 2.64 bits per heavy atom. The van der Waals surface area contributed by atoms with Gasteiger partial charge in [0.05, 0.1) is 0 Å². The molecule has 7 heteroatoms. The Morgan fingerprint density at radius 1 is 1.05 bits per heavy atom. The fraction of sp³-hybridized carbons (Fsp3) is 0. The van der Waals surface area contributed by atoms with E-state index in [4.69, 9.17) is 0 Å². The molecule has 0 unspecified atom stereocenters. The molecule has 0 aliphatic heterocycles. The average molecular weight is 304 g/mol. The third-order valence-electron chi connectivity index (χ3n) is 3.17. The zero-order valence-electron chi connectivity index (χ0n) is 11.2. The predicted molar refractivity (Wildman–Crippen MR) is 82.0 cm³/mol. The zero-order chi connectivity index (χ0) is 14.9. The molecular weight excluding hydrogens is 296 g/mol. The maximum atomic E-state index is 9.47. The van der Waals surface area contributed by atoms with Gasteiger partial charge in [0, 0.05) is 35.9 Å². The van der Waals surface area contributed by atoms with Crippen molar-refractivity contribution >= 4 is 16.3 Å². The second kappa shape index (κ2) is 5.02. The fourth-order valence-corrected chi connectivity index (χ4v) is 3.06. The maximum Gasteiger partial charge on any atom is 0.214 e. The molecule has 0 spiro atoms. The van der Waals surface area contributed by atoms with Gasteiger partial charge in [-0.3, -0.25) is 9.97 Å². The minimum Gasteiger partial charge on any atom is -0.265 e. The summed E-state index contributed by atoms with van der Waals surface area (Å²) in [6.07, 6.45) is 6.81. The molecule has 0 aliphatic carbocycles. The molecule has 0 radical (unpaired) electrons. The number of hydrogen-bond donors (Lipinski definition) is 0. The van der Waals surface area contributed by atoms with Crippen LogP contribution in [-0.4, -0.2) is 24.6 Å². The molecule has 0 saturated carbocycles. The molecule has 104 valence electrons. The van der Waals surface area contributed by atoms with Crippen LogP contribution in [0.3, 0.4) is 0 Å². The summed E-state index contributed by atoms with van der Waals surface area (Å²) in [4.78, 5) is 13.3. The molecule has 0 aliphatic rings. The van der Waals surface area contributed by atoms with Gasteiger partial charge in [-0.25, -0.2) is 4.98 Å². The molecule has 4 rings (SSSR count). The van der Waals surface area contributed by atoms with Crippen molar-refractivity contribution in [1.29, 1.82) is 5.26 Å². The number of pyridine rings is 2. The van der Waals surface area contributed by atoms with E-state index in [-0.39, 0.29) is 0 Å². The van der Waals surface area contributed by atoms with Crippen LogP contribution in [0, 0.1) is 11.3 Å². The number of hydrogen-bond acceptors (Lipinski definition) is 6. The first-order chi connectivity index (χ1) is 10.9. The molecule has 0 bridgehead atoms. The topological polar surface area (TPSA) is 79.8 Å². The van der Waals surface area contributed by atoms with Crippen LogP contribution in [0.2, 0.25) is 0 Å². The molecule has 0 fully saturated rings. The molecule has 0 N–H and O–H groups in total. The lowest BCUT2D eigenvalue weighted by Gasteiger charge is -1.96. The average Bonchev–Trinajstić information content (AvgIpc) is 3.14. The molecule has 0 amide bonds. The fourth-order valence-electron chi connectivity index (χ4n) is 2.17. The summed E-state index contributed by atoms with van der Waals surface area (Å²) in [6.45, 7) is 0. The van der Waals surface area contributed by atoms with E-state index < -0.39 is 0 Å². The van der Waals surface area contributed by atoms with Crippen molar-refractivity contribution in [2.24, 2.45) is 0 Å². The van der Waals surface area contributed by atoms with Crippen molar-refractivity contribution in [3.63, 3.8) is 0 Å². The van der Waals surface area contributed by atoms with Crippen LogP contribution in [0.15, 0.2) is 49.1 Å². The maximum absolute atomic E-state index is 9.47. The van der Waals surface area contributed by atoms with Gasteiger partial charge in [0.25, 0.3) is 0 Å². The van der Waals surface area contributed by atoms with Gasteiger partial charge in [0.1, 0.15) is 16.8 Å². The van der Waals surface area contributed by atoms with Crippen LogP contribution in [0.1, 0.15) is 5.69 Å². The van der Waals surface area contributed by atoms with Crippen LogP contribution in [0.4, 0.5) is 0 Å². The first-order valence-electron chi connectivity index (χ1n) is 6.47. The number of aromatic nitrogens is 5. The van der Waals surface area contributed by atoms with Crippen molar-refractivity contribution in [1.82, 2.24) is 24.6 Å². The van der Waals surface area contributed by atoms with E-state index >= 15 is 0 Å². The highest BCUT2D eigenvalue weighted by molar-refractivity contribution is 7.19. The predicted octanol–water partition coefficient (Wildman–Crippen LogP) is 2.79. The summed E-state index contributed by atoms with van der Waals surface area (Å²) in [7, 11) is 0. The molecule has 22 heavy (non-hydrogen) atoms. The first-order valence-corrected chi connectivity index (χ1v) is 7.29. The quantitative estimate of drug-likeness (QED) is 0.569. The second-order valence-corrected chi connectivity index (χ2v) is 5.46. The largest absolute Gasteiger partial charge is 0.265 e. The van der Waals surface area contributed by atoms with E-state index in [1.54, 1.807) is 29.3 Å². The van der Waals surface area contributed by atoms with Crippen molar-refractivity contribution in [2.75, 3.05) is 0 Å². The highest BCUT2D eigenvalue weighted by Crippen LogP contribution is 2.30. The van der Waals surface area contributed by atoms with Gasteiger partial charge >= 0.3 is 0 Å². The lowest BCUT2D eigenvalue weighted by atomic mass is 10.2. The highest BCUT2D eigenvalue weighted by atomic mass is 32.1.